The second kappa shape index (κ2) is 10.0. The first-order valence-electron chi connectivity index (χ1n) is 10.2. The van der Waals surface area contributed by atoms with Gasteiger partial charge >= 0.3 is 5.97 Å². The Hall–Kier alpha value is -2.18. The molecule has 1 aliphatic rings. The van der Waals surface area contributed by atoms with Crippen LogP contribution in [0.15, 0.2) is 60.7 Å². The van der Waals surface area contributed by atoms with Gasteiger partial charge < -0.3 is 5.11 Å². The van der Waals surface area contributed by atoms with Gasteiger partial charge in [0.15, 0.2) is 9.84 Å². The van der Waals surface area contributed by atoms with E-state index < -0.39 is 15.8 Å². The first kappa shape index (κ1) is 21.5. The molecule has 1 N–H and O–H groups in total. The van der Waals surface area contributed by atoms with Gasteiger partial charge in [-0.2, -0.15) is 0 Å². The summed E-state index contributed by atoms with van der Waals surface area (Å²) in [5.41, 5.74) is 2.29. The summed E-state index contributed by atoms with van der Waals surface area (Å²) in [6.45, 7) is 0.744. The normalized spacial score (nSPS) is 18.3. The fourth-order valence-corrected chi connectivity index (χ4v) is 5.90. The van der Waals surface area contributed by atoms with Crippen molar-refractivity contribution in [1.82, 2.24) is 4.90 Å². The number of sulfone groups is 1. The molecule has 1 fully saturated rings. The van der Waals surface area contributed by atoms with Crippen LogP contribution in [-0.2, 0) is 14.6 Å². The smallest absolute Gasteiger partial charge is 0.303 e. The Labute approximate surface area is 173 Å². The van der Waals surface area contributed by atoms with E-state index in [-0.39, 0.29) is 30.0 Å². The molecule has 2 aromatic carbocycles. The van der Waals surface area contributed by atoms with Gasteiger partial charge in [0.2, 0.25) is 0 Å². The van der Waals surface area contributed by atoms with Gasteiger partial charge in [-0.25, -0.2) is 8.42 Å². The van der Waals surface area contributed by atoms with Crippen molar-refractivity contribution < 1.29 is 18.3 Å². The average Bonchev–Trinajstić information content (AvgIpc) is 3.07. The van der Waals surface area contributed by atoms with Crippen molar-refractivity contribution in [2.24, 2.45) is 0 Å². The van der Waals surface area contributed by atoms with Crippen molar-refractivity contribution in [1.29, 1.82) is 0 Å². The molecular formula is C23H29NO4S. The summed E-state index contributed by atoms with van der Waals surface area (Å²) in [4.78, 5) is 13.1. The summed E-state index contributed by atoms with van der Waals surface area (Å²) < 4.78 is 24.4. The van der Waals surface area contributed by atoms with E-state index in [1.54, 1.807) is 0 Å². The van der Waals surface area contributed by atoms with Crippen LogP contribution < -0.4 is 0 Å². The molecule has 0 amide bonds. The molecule has 29 heavy (non-hydrogen) atoms. The Morgan fingerprint density at radius 3 is 2.03 bits per heavy atom. The van der Waals surface area contributed by atoms with Crippen LogP contribution in [-0.4, -0.2) is 48.5 Å². The molecule has 5 nitrogen and oxygen atoms in total. The number of nitrogens with zero attached hydrogens (tertiary/aromatic N) is 1. The highest BCUT2D eigenvalue weighted by molar-refractivity contribution is 7.91. The van der Waals surface area contributed by atoms with E-state index in [0.717, 1.165) is 30.5 Å². The van der Waals surface area contributed by atoms with Crippen molar-refractivity contribution in [2.45, 2.75) is 44.2 Å². The van der Waals surface area contributed by atoms with Crippen LogP contribution in [0.1, 0.15) is 49.3 Å². The molecule has 2 aromatic rings. The quantitative estimate of drug-likeness (QED) is 0.596. The SMILES string of the molecule is O=C(O)CCCCCN(C(c1ccccc1)c1ccccc1)[C@@H]1CCS(=O)(=O)C1. The highest BCUT2D eigenvalue weighted by Gasteiger charge is 2.36. The molecule has 3 rings (SSSR count). The number of carboxylic acids is 1. The molecule has 1 saturated heterocycles. The largest absolute Gasteiger partial charge is 0.481 e. The van der Waals surface area contributed by atoms with Crippen LogP contribution in [0, 0.1) is 0 Å². The molecule has 0 unspecified atom stereocenters. The molecule has 0 saturated carbocycles. The first-order chi connectivity index (χ1) is 14.0. The lowest BCUT2D eigenvalue weighted by molar-refractivity contribution is -0.137. The third-order valence-corrected chi connectivity index (χ3v) is 7.30. The van der Waals surface area contributed by atoms with E-state index in [1.807, 2.05) is 36.4 Å². The standard InChI is InChI=1S/C23H29NO4S/c25-22(26)14-8-3-9-16-24(21-15-17-29(27,28)18-21)23(19-10-4-1-5-11-19)20-12-6-2-7-13-20/h1-2,4-7,10-13,21,23H,3,8-9,14-18H2,(H,25,26)/t21-/m1/s1. The van der Waals surface area contributed by atoms with Gasteiger partial charge in [0.1, 0.15) is 0 Å². The molecule has 6 heteroatoms. The lowest BCUT2D eigenvalue weighted by atomic mass is 9.95. The molecule has 1 aliphatic heterocycles. The maximum atomic E-state index is 12.2. The van der Waals surface area contributed by atoms with E-state index in [9.17, 15) is 13.2 Å². The summed E-state index contributed by atoms with van der Waals surface area (Å²) >= 11 is 0. The molecule has 1 atom stereocenters. The number of rotatable bonds is 10. The van der Waals surface area contributed by atoms with Gasteiger partial charge in [-0.3, -0.25) is 9.69 Å². The number of hydrogen-bond acceptors (Lipinski definition) is 4. The van der Waals surface area contributed by atoms with Crippen LogP contribution in [0.4, 0.5) is 0 Å². The minimum Gasteiger partial charge on any atom is -0.481 e. The fraction of sp³-hybridized carbons (Fsp3) is 0.435. The number of hydrogen-bond donors (Lipinski definition) is 1. The zero-order valence-electron chi connectivity index (χ0n) is 16.6. The number of aliphatic carboxylic acids is 1. The van der Waals surface area contributed by atoms with E-state index in [1.165, 1.54) is 0 Å². The highest BCUT2D eigenvalue weighted by Crippen LogP contribution is 2.33. The van der Waals surface area contributed by atoms with Gasteiger partial charge in [-0.05, 0) is 36.9 Å². The fourth-order valence-electron chi connectivity index (χ4n) is 4.15. The molecule has 0 aromatic heterocycles. The zero-order chi connectivity index (χ0) is 20.7. The Kier molecular flexibility index (Phi) is 7.45. The van der Waals surface area contributed by atoms with E-state index in [2.05, 4.69) is 29.2 Å². The summed E-state index contributed by atoms with van der Waals surface area (Å²) in [5, 5.41) is 8.86. The van der Waals surface area contributed by atoms with Crippen LogP contribution in [0.25, 0.3) is 0 Å². The van der Waals surface area contributed by atoms with Gasteiger partial charge in [0.05, 0.1) is 17.5 Å². The van der Waals surface area contributed by atoms with Crippen molar-refractivity contribution in [3.8, 4) is 0 Å². The van der Waals surface area contributed by atoms with E-state index in [0.29, 0.717) is 12.8 Å². The Morgan fingerprint density at radius 2 is 1.55 bits per heavy atom. The molecule has 1 heterocycles. The second-order valence-corrected chi connectivity index (χ2v) is 9.95. The Balaban J connectivity index is 1.87. The minimum absolute atomic E-state index is 0.0184. The van der Waals surface area contributed by atoms with Crippen LogP contribution in [0.2, 0.25) is 0 Å². The highest BCUT2D eigenvalue weighted by atomic mass is 32.2. The number of benzene rings is 2. The van der Waals surface area contributed by atoms with Crippen LogP contribution >= 0.6 is 0 Å². The summed E-state index contributed by atoms with van der Waals surface area (Å²) in [6, 6.07) is 20.4. The predicted octanol–water partition coefficient (Wildman–Crippen LogP) is 3.91. The molecular weight excluding hydrogens is 386 g/mol. The van der Waals surface area contributed by atoms with Crippen molar-refractivity contribution in [2.75, 3.05) is 18.1 Å². The number of unbranched alkanes of at least 4 members (excludes halogenated alkanes) is 2. The second-order valence-electron chi connectivity index (χ2n) is 7.72. The van der Waals surface area contributed by atoms with Gasteiger partial charge in [-0.1, -0.05) is 67.1 Å². The monoisotopic (exact) mass is 415 g/mol. The number of carboxylic acid groups (broad SMARTS) is 1. The Morgan fingerprint density at radius 1 is 0.966 bits per heavy atom. The third kappa shape index (κ3) is 6.15. The molecule has 0 spiro atoms. The minimum atomic E-state index is -3.00. The van der Waals surface area contributed by atoms with Crippen molar-refractivity contribution in [3.05, 3.63) is 71.8 Å². The Bertz CT molecular complexity index is 844. The van der Waals surface area contributed by atoms with E-state index >= 15 is 0 Å². The topological polar surface area (TPSA) is 74.7 Å². The van der Waals surface area contributed by atoms with Gasteiger partial charge in [0, 0.05) is 12.5 Å². The summed E-state index contributed by atoms with van der Waals surface area (Å²) in [7, 11) is -3.00. The molecule has 0 radical (unpaired) electrons. The molecule has 0 bridgehead atoms. The summed E-state index contributed by atoms with van der Waals surface area (Å²) in [6.07, 6.45) is 3.14. The predicted molar refractivity (Wildman–Crippen MR) is 115 cm³/mol. The molecule has 156 valence electrons. The maximum absolute atomic E-state index is 12.2. The van der Waals surface area contributed by atoms with Crippen LogP contribution in [0.3, 0.4) is 0 Å². The lowest BCUT2D eigenvalue weighted by Crippen LogP contribution is -2.40. The van der Waals surface area contributed by atoms with Gasteiger partial charge in [-0.15, -0.1) is 0 Å². The zero-order valence-corrected chi connectivity index (χ0v) is 17.4. The summed E-state index contributed by atoms with van der Waals surface area (Å²) in [5.74, 6) is -0.336. The maximum Gasteiger partial charge on any atom is 0.303 e. The molecule has 0 aliphatic carbocycles. The van der Waals surface area contributed by atoms with Crippen molar-refractivity contribution in [3.63, 3.8) is 0 Å². The van der Waals surface area contributed by atoms with E-state index in [4.69, 9.17) is 5.11 Å². The number of carbonyl (C=O) groups is 1. The third-order valence-electron chi connectivity index (χ3n) is 5.55. The van der Waals surface area contributed by atoms with Gasteiger partial charge in [0.25, 0.3) is 0 Å². The lowest BCUT2D eigenvalue weighted by Gasteiger charge is -2.37. The first-order valence-corrected chi connectivity index (χ1v) is 12.1. The van der Waals surface area contributed by atoms with Crippen LogP contribution in [0.5, 0.6) is 0 Å². The van der Waals surface area contributed by atoms with Crippen molar-refractivity contribution >= 4 is 15.8 Å². The average molecular weight is 416 g/mol.